The number of methoxy groups -OCH3 is 1. The molecule has 1 aliphatic heterocycles. The van der Waals surface area contributed by atoms with Gasteiger partial charge in [0.25, 0.3) is 0 Å². The van der Waals surface area contributed by atoms with E-state index in [1.165, 1.54) is 51.7 Å². The normalized spacial score (nSPS) is 16.6. The maximum atomic E-state index is 5.77. The summed E-state index contributed by atoms with van der Waals surface area (Å²) in [7, 11) is 1.68. The number of benzene rings is 1. The lowest BCUT2D eigenvalue weighted by Crippen LogP contribution is -2.33. The highest BCUT2D eigenvalue weighted by Crippen LogP contribution is 2.19. The first-order chi connectivity index (χ1) is 10.8. The number of nitrogens with zero attached hydrogens (tertiary/aromatic N) is 1. The van der Waals surface area contributed by atoms with E-state index in [1.54, 1.807) is 7.11 Å². The predicted molar refractivity (Wildman–Crippen MR) is 91.8 cm³/mol. The highest BCUT2D eigenvalue weighted by Gasteiger charge is 2.14. The van der Waals surface area contributed by atoms with Crippen LogP contribution in [0, 0.1) is 5.92 Å². The molecule has 0 aromatic heterocycles. The zero-order valence-electron chi connectivity index (χ0n) is 14.2. The van der Waals surface area contributed by atoms with Crippen LogP contribution in [-0.2, 0) is 0 Å². The number of unbranched alkanes of at least 4 members (excludes halogenated alkanes) is 3. The smallest absolute Gasteiger partial charge is 0.122 e. The molecule has 22 heavy (non-hydrogen) atoms. The van der Waals surface area contributed by atoms with E-state index in [1.807, 2.05) is 24.3 Å². The van der Waals surface area contributed by atoms with Gasteiger partial charge in [0.15, 0.2) is 0 Å². The van der Waals surface area contributed by atoms with Crippen molar-refractivity contribution < 1.29 is 9.47 Å². The van der Waals surface area contributed by atoms with Gasteiger partial charge in [0.2, 0.25) is 0 Å². The average molecular weight is 305 g/mol. The van der Waals surface area contributed by atoms with E-state index in [0.29, 0.717) is 0 Å². The van der Waals surface area contributed by atoms with Gasteiger partial charge >= 0.3 is 0 Å². The number of piperidine rings is 1. The molecule has 0 unspecified atom stereocenters. The molecule has 0 saturated carbocycles. The van der Waals surface area contributed by atoms with Gasteiger partial charge in [-0.15, -0.1) is 0 Å². The maximum Gasteiger partial charge on any atom is 0.122 e. The van der Waals surface area contributed by atoms with Crippen LogP contribution < -0.4 is 9.47 Å². The van der Waals surface area contributed by atoms with E-state index in [-0.39, 0.29) is 0 Å². The zero-order chi connectivity index (χ0) is 15.6. The summed E-state index contributed by atoms with van der Waals surface area (Å²) in [6, 6.07) is 7.83. The fourth-order valence-electron chi connectivity index (χ4n) is 2.96. The van der Waals surface area contributed by atoms with Crippen LogP contribution >= 0.6 is 0 Å². The average Bonchev–Trinajstić information content (AvgIpc) is 2.56. The van der Waals surface area contributed by atoms with Gasteiger partial charge < -0.3 is 14.4 Å². The first-order valence-corrected chi connectivity index (χ1v) is 8.77. The van der Waals surface area contributed by atoms with E-state index in [4.69, 9.17) is 9.47 Å². The van der Waals surface area contributed by atoms with Crippen LogP contribution in [0.1, 0.15) is 45.4 Å². The standard InChI is InChI=1S/C19H31NO2/c1-17-10-13-20(14-11-17)12-5-3-4-6-15-22-19-9-7-8-18(16-19)21-2/h7-9,16-17H,3-6,10-15H2,1-2H3. The first kappa shape index (κ1) is 17.1. The Bertz CT molecular complexity index is 414. The minimum atomic E-state index is 0.800. The van der Waals surface area contributed by atoms with E-state index >= 15 is 0 Å². The Morgan fingerprint density at radius 1 is 1.05 bits per heavy atom. The highest BCUT2D eigenvalue weighted by atomic mass is 16.5. The summed E-state index contributed by atoms with van der Waals surface area (Å²) in [6.07, 6.45) is 7.80. The van der Waals surface area contributed by atoms with Gasteiger partial charge in [0, 0.05) is 6.07 Å². The third-order valence-corrected chi connectivity index (χ3v) is 4.55. The van der Waals surface area contributed by atoms with Crippen molar-refractivity contribution in [3.05, 3.63) is 24.3 Å². The molecule has 1 heterocycles. The van der Waals surface area contributed by atoms with Crippen LogP contribution in [0.5, 0.6) is 11.5 Å². The van der Waals surface area contributed by atoms with Crippen LogP contribution in [0.2, 0.25) is 0 Å². The lowest BCUT2D eigenvalue weighted by atomic mass is 9.99. The van der Waals surface area contributed by atoms with Gasteiger partial charge in [0.05, 0.1) is 13.7 Å². The van der Waals surface area contributed by atoms with E-state index < -0.39 is 0 Å². The molecule has 0 spiro atoms. The molecule has 0 aliphatic carbocycles. The fraction of sp³-hybridized carbons (Fsp3) is 0.684. The van der Waals surface area contributed by atoms with Crippen LogP contribution in [0.25, 0.3) is 0 Å². The predicted octanol–water partition coefficient (Wildman–Crippen LogP) is 4.37. The van der Waals surface area contributed by atoms with E-state index in [0.717, 1.165) is 30.4 Å². The molecule has 0 bridgehead atoms. The molecule has 1 saturated heterocycles. The molecule has 0 atom stereocenters. The summed E-state index contributed by atoms with van der Waals surface area (Å²) in [5, 5.41) is 0. The molecule has 1 fully saturated rings. The molecule has 0 amide bonds. The summed E-state index contributed by atoms with van der Waals surface area (Å²) >= 11 is 0. The quantitative estimate of drug-likeness (QED) is 0.632. The van der Waals surface area contributed by atoms with Gasteiger partial charge in [-0.1, -0.05) is 25.8 Å². The second-order valence-corrected chi connectivity index (χ2v) is 6.47. The molecule has 0 N–H and O–H groups in total. The Kier molecular flexibility index (Phi) is 7.58. The van der Waals surface area contributed by atoms with E-state index in [2.05, 4.69) is 11.8 Å². The topological polar surface area (TPSA) is 21.7 Å². The van der Waals surface area contributed by atoms with Crippen molar-refractivity contribution in [3.63, 3.8) is 0 Å². The molecule has 1 aromatic rings. The van der Waals surface area contributed by atoms with E-state index in [9.17, 15) is 0 Å². The van der Waals surface area contributed by atoms with Gasteiger partial charge in [-0.3, -0.25) is 0 Å². The van der Waals surface area contributed by atoms with Crippen LogP contribution in [-0.4, -0.2) is 38.3 Å². The Morgan fingerprint density at radius 2 is 1.77 bits per heavy atom. The molecular formula is C19H31NO2. The third-order valence-electron chi connectivity index (χ3n) is 4.55. The van der Waals surface area contributed by atoms with Crippen molar-refractivity contribution in [3.8, 4) is 11.5 Å². The molecule has 3 heteroatoms. The molecule has 3 nitrogen and oxygen atoms in total. The SMILES string of the molecule is COc1cccc(OCCCCCCN2CCC(C)CC2)c1. The highest BCUT2D eigenvalue weighted by molar-refractivity contribution is 5.32. The monoisotopic (exact) mass is 305 g/mol. The minimum Gasteiger partial charge on any atom is -0.497 e. The summed E-state index contributed by atoms with van der Waals surface area (Å²) in [5.41, 5.74) is 0. The Balaban J connectivity index is 1.47. The number of ether oxygens (including phenoxy) is 2. The summed E-state index contributed by atoms with van der Waals surface area (Å²) in [6.45, 7) is 7.07. The Morgan fingerprint density at radius 3 is 2.55 bits per heavy atom. The Hall–Kier alpha value is -1.22. The lowest BCUT2D eigenvalue weighted by Gasteiger charge is -2.30. The third kappa shape index (κ3) is 6.27. The van der Waals surface area contributed by atoms with Gasteiger partial charge in [0.1, 0.15) is 11.5 Å². The Labute approximate surface area is 135 Å². The summed E-state index contributed by atoms with van der Waals surface area (Å²) in [5.74, 6) is 2.69. The van der Waals surface area contributed by atoms with Crippen molar-refractivity contribution >= 4 is 0 Å². The first-order valence-electron chi connectivity index (χ1n) is 8.77. The minimum absolute atomic E-state index is 0.800. The molecule has 0 radical (unpaired) electrons. The van der Waals surface area contributed by atoms with Crippen LogP contribution in [0.4, 0.5) is 0 Å². The van der Waals surface area contributed by atoms with Crippen molar-refractivity contribution in [1.29, 1.82) is 0 Å². The fourth-order valence-corrected chi connectivity index (χ4v) is 2.96. The van der Waals surface area contributed by atoms with Gasteiger partial charge in [-0.05, 0) is 63.4 Å². The number of likely N-dealkylation sites (tertiary alicyclic amines) is 1. The molecule has 1 aromatic carbocycles. The van der Waals surface area contributed by atoms with Crippen molar-refractivity contribution in [2.45, 2.75) is 45.4 Å². The van der Waals surface area contributed by atoms with Crippen LogP contribution in [0.15, 0.2) is 24.3 Å². The second-order valence-electron chi connectivity index (χ2n) is 6.47. The summed E-state index contributed by atoms with van der Waals surface area (Å²) in [4.78, 5) is 2.63. The van der Waals surface area contributed by atoms with Crippen molar-refractivity contribution in [1.82, 2.24) is 4.90 Å². The second kappa shape index (κ2) is 9.73. The lowest BCUT2D eigenvalue weighted by molar-refractivity contribution is 0.188. The van der Waals surface area contributed by atoms with Crippen LogP contribution in [0.3, 0.4) is 0 Å². The van der Waals surface area contributed by atoms with Gasteiger partial charge in [-0.2, -0.15) is 0 Å². The van der Waals surface area contributed by atoms with Crippen molar-refractivity contribution in [2.24, 2.45) is 5.92 Å². The summed E-state index contributed by atoms with van der Waals surface area (Å²) < 4.78 is 11.0. The molecule has 124 valence electrons. The number of hydrogen-bond acceptors (Lipinski definition) is 3. The number of hydrogen-bond donors (Lipinski definition) is 0. The molecule has 1 aliphatic rings. The molecular weight excluding hydrogens is 274 g/mol. The maximum absolute atomic E-state index is 5.77. The van der Waals surface area contributed by atoms with Crippen molar-refractivity contribution in [2.75, 3.05) is 33.4 Å². The van der Waals surface area contributed by atoms with Gasteiger partial charge in [-0.25, -0.2) is 0 Å². The molecule has 2 rings (SSSR count). The zero-order valence-corrected chi connectivity index (χ0v) is 14.2. The number of rotatable bonds is 9. The largest absolute Gasteiger partial charge is 0.497 e.